The third kappa shape index (κ3) is 2.95. The first-order chi connectivity index (χ1) is 9.45. The van der Waals surface area contributed by atoms with Gasteiger partial charge in [0.2, 0.25) is 0 Å². The monoisotopic (exact) mass is 286 g/mol. The highest BCUT2D eigenvalue weighted by atomic mass is 19.4. The molecule has 6 heteroatoms. The van der Waals surface area contributed by atoms with Crippen LogP contribution in [0.4, 0.5) is 13.2 Å². The van der Waals surface area contributed by atoms with Gasteiger partial charge in [0.25, 0.3) is 5.91 Å². The lowest BCUT2D eigenvalue weighted by Gasteiger charge is -2.37. The van der Waals surface area contributed by atoms with Crippen LogP contribution in [0.25, 0.3) is 0 Å². The van der Waals surface area contributed by atoms with Crippen molar-refractivity contribution in [2.24, 2.45) is 5.73 Å². The van der Waals surface area contributed by atoms with Gasteiger partial charge in [-0.15, -0.1) is 0 Å². The minimum Gasteiger partial charge on any atom is -0.334 e. The summed E-state index contributed by atoms with van der Waals surface area (Å²) in [5, 5.41) is 0. The molecule has 2 rings (SSSR count). The topological polar surface area (TPSA) is 46.3 Å². The van der Waals surface area contributed by atoms with Crippen LogP contribution < -0.4 is 5.73 Å². The minimum atomic E-state index is -4.53. The highest BCUT2D eigenvalue weighted by Gasteiger charge is 2.37. The molecule has 0 saturated heterocycles. The Morgan fingerprint density at radius 2 is 1.95 bits per heavy atom. The fraction of sp³-hybridized carbons (Fsp3) is 0.500. The summed E-state index contributed by atoms with van der Waals surface area (Å²) in [6.45, 7) is 0.534. The number of hydrogen-bond donors (Lipinski definition) is 1. The van der Waals surface area contributed by atoms with Crippen molar-refractivity contribution >= 4 is 5.91 Å². The summed E-state index contributed by atoms with van der Waals surface area (Å²) in [6, 6.07) is 4.93. The zero-order valence-electron chi connectivity index (χ0n) is 11.0. The molecule has 3 nitrogen and oxygen atoms in total. The molecule has 1 aliphatic rings. The number of benzene rings is 1. The van der Waals surface area contributed by atoms with Crippen molar-refractivity contribution in [1.82, 2.24) is 4.90 Å². The van der Waals surface area contributed by atoms with E-state index >= 15 is 0 Å². The lowest BCUT2D eigenvalue weighted by Crippen LogP contribution is -2.47. The second-order valence-electron chi connectivity index (χ2n) is 4.92. The quantitative estimate of drug-likeness (QED) is 0.925. The van der Waals surface area contributed by atoms with Crippen molar-refractivity contribution < 1.29 is 18.0 Å². The molecule has 1 saturated carbocycles. The molecule has 1 amide bonds. The number of rotatable bonds is 4. The second-order valence-corrected chi connectivity index (χ2v) is 4.92. The standard InChI is InChI=1S/C14H17F3N2O/c15-14(16,17)12-7-2-1-6-11(12)13(20)19(9-8-18)10-4-3-5-10/h1-2,6-7,10H,3-5,8-9,18H2. The molecule has 0 bridgehead atoms. The number of hydrogen-bond acceptors (Lipinski definition) is 2. The van der Waals surface area contributed by atoms with E-state index in [0.717, 1.165) is 25.3 Å². The van der Waals surface area contributed by atoms with Crippen molar-refractivity contribution in [3.63, 3.8) is 0 Å². The van der Waals surface area contributed by atoms with Crippen LogP contribution in [-0.2, 0) is 6.18 Å². The van der Waals surface area contributed by atoms with E-state index in [0.29, 0.717) is 0 Å². The molecular formula is C14H17F3N2O. The van der Waals surface area contributed by atoms with E-state index in [1.54, 1.807) is 0 Å². The summed E-state index contributed by atoms with van der Waals surface area (Å²) >= 11 is 0. The number of halogens is 3. The molecule has 0 aliphatic heterocycles. The Morgan fingerprint density at radius 3 is 2.45 bits per heavy atom. The van der Waals surface area contributed by atoms with E-state index in [2.05, 4.69) is 0 Å². The molecule has 0 radical (unpaired) electrons. The fourth-order valence-corrected chi connectivity index (χ4v) is 2.36. The average Bonchev–Trinajstić information content (AvgIpc) is 2.34. The van der Waals surface area contributed by atoms with Gasteiger partial charge in [-0.1, -0.05) is 12.1 Å². The molecule has 2 N–H and O–H groups in total. The highest BCUT2D eigenvalue weighted by Crippen LogP contribution is 2.33. The summed E-state index contributed by atoms with van der Waals surface area (Å²) in [4.78, 5) is 13.9. The molecule has 110 valence electrons. The van der Waals surface area contributed by atoms with Gasteiger partial charge >= 0.3 is 6.18 Å². The van der Waals surface area contributed by atoms with Crippen molar-refractivity contribution in [3.8, 4) is 0 Å². The molecule has 1 aromatic rings. The Morgan fingerprint density at radius 1 is 1.30 bits per heavy atom. The highest BCUT2D eigenvalue weighted by molar-refractivity contribution is 5.96. The number of nitrogens with zero attached hydrogens (tertiary/aromatic N) is 1. The van der Waals surface area contributed by atoms with Gasteiger partial charge in [-0.3, -0.25) is 4.79 Å². The molecule has 1 aromatic carbocycles. The van der Waals surface area contributed by atoms with Crippen LogP contribution in [0.5, 0.6) is 0 Å². The summed E-state index contributed by atoms with van der Waals surface area (Å²) in [6.07, 6.45) is -1.86. The Labute approximate surface area is 115 Å². The average molecular weight is 286 g/mol. The third-order valence-corrected chi connectivity index (χ3v) is 3.61. The number of nitrogens with two attached hydrogens (primary N) is 1. The molecule has 20 heavy (non-hydrogen) atoms. The lowest BCUT2D eigenvalue weighted by atomic mass is 9.90. The zero-order valence-corrected chi connectivity index (χ0v) is 11.0. The van der Waals surface area contributed by atoms with Crippen molar-refractivity contribution in [1.29, 1.82) is 0 Å². The van der Waals surface area contributed by atoms with Crippen molar-refractivity contribution in [2.75, 3.05) is 13.1 Å². The Bertz CT molecular complexity index is 484. The number of carbonyl (C=O) groups excluding carboxylic acids is 1. The van der Waals surface area contributed by atoms with Gasteiger partial charge in [-0.25, -0.2) is 0 Å². The predicted octanol–water partition coefficient (Wildman–Crippen LogP) is 2.66. The van der Waals surface area contributed by atoms with Crippen LogP contribution in [0.2, 0.25) is 0 Å². The predicted molar refractivity (Wildman–Crippen MR) is 69.2 cm³/mol. The lowest BCUT2D eigenvalue weighted by molar-refractivity contribution is -0.138. The van der Waals surface area contributed by atoms with E-state index in [1.165, 1.54) is 23.1 Å². The summed E-state index contributed by atoms with van der Waals surface area (Å²) in [5.74, 6) is -0.576. The van der Waals surface area contributed by atoms with Crippen LogP contribution in [0.1, 0.15) is 35.2 Å². The van der Waals surface area contributed by atoms with E-state index in [4.69, 9.17) is 5.73 Å². The summed E-state index contributed by atoms with van der Waals surface area (Å²) in [7, 11) is 0. The Kier molecular flexibility index (Phi) is 4.32. The minimum absolute atomic E-state index is 0.0207. The molecule has 0 heterocycles. The normalized spacial score (nSPS) is 15.8. The molecule has 0 atom stereocenters. The molecule has 1 aliphatic carbocycles. The third-order valence-electron chi connectivity index (χ3n) is 3.61. The summed E-state index contributed by atoms with van der Waals surface area (Å²) < 4.78 is 38.9. The molecule has 0 spiro atoms. The zero-order chi connectivity index (χ0) is 14.8. The summed E-state index contributed by atoms with van der Waals surface area (Å²) in [5.41, 5.74) is 4.30. The van der Waals surface area contributed by atoms with Gasteiger partial charge in [-0.05, 0) is 31.4 Å². The SMILES string of the molecule is NCCN(C(=O)c1ccccc1C(F)(F)F)C1CCC1. The van der Waals surface area contributed by atoms with E-state index < -0.39 is 17.6 Å². The number of carbonyl (C=O) groups is 1. The maximum atomic E-state index is 13.0. The first-order valence-electron chi connectivity index (χ1n) is 6.62. The number of amides is 1. The van der Waals surface area contributed by atoms with Crippen LogP contribution in [0, 0.1) is 0 Å². The van der Waals surface area contributed by atoms with Crippen LogP contribution in [0.3, 0.4) is 0 Å². The van der Waals surface area contributed by atoms with E-state index in [-0.39, 0.29) is 24.7 Å². The van der Waals surface area contributed by atoms with E-state index in [9.17, 15) is 18.0 Å². The molecule has 0 unspecified atom stereocenters. The largest absolute Gasteiger partial charge is 0.417 e. The molecular weight excluding hydrogens is 269 g/mol. The Balaban J connectivity index is 2.31. The van der Waals surface area contributed by atoms with Crippen molar-refractivity contribution in [2.45, 2.75) is 31.5 Å². The van der Waals surface area contributed by atoms with Crippen LogP contribution in [0.15, 0.2) is 24.3 Å². The van der Waals surface area contributed by atoms with Crippen LogP contribution >= 0.6 is 0 Å². The van der Waals surface area contributed by atoms with Crippen LogP contribution in [-0.4, -0.2) is 29.9 Å². The second kappa shape index (κ2) is 5.83. The smallest absolute Gasteiger partial charge is 0.334 e. The van der Waals surface area contributed by atoms with Gasteiger partial charge in [0.15, 0.2) is 0 Å². The fourth-order valence-electron chi connectivity index (χ4n) is 2.36. The molecule has 0 aromatic heterocycles. The van der Waals surface area contributed by atoms with E-state index in [1.807, 2.05) is 0 Å². The van der Waals surface area contributed by atoms with Gasteiger partial charge in [0.05, 0.1) is 11.1 Å². The maximum absolute atomic E-state index is 13.0. The first kappa shape index (κ1) is 14.8. The number of alkyl halides is 3. The molecule has 1 fully saturated rings. The van der Waals surface area contributed by atoms with Gasteiger partial charge in [-0.2, -0.15) is 13.2 Å². The van der Waals surface area contributed by atoms with Crippen molar-refractivity contribution in [3.05, 3.63) is 35.4 Å². The maximum Gasteiger partial charge on any atom is 0.417 e. The van der Waals surface area contributed by atoms with Gasteiger partial charge < -0.3 is 10.6 Å². The Hall–Kier alpha value is -1.56. The first-order valence-corrected chi connectivity index (χ1v) is 6.62. The van der Waals surface area contributed by atoms with Gasteiger partial charge in [0, 0.05) is 19.1 Å². The van der Waals surface area contributed by atoms with Gasteiger partial charge in [0.1, 0.15) is 0 Å².